The zero-order chi connectivity index (χ0) is 13.1. The van der Waals surface area contributed by atoms with Gasteiger partial charge in [-0.2, -0.15) is 0 Å². The van der Waals surface area contributed by atoms with Gasteiger partial charge in [0.25, 0.3) is 0 Å². The summed E-state index contributed by atoms with van der Waals surface area (Å²) in [7, 11) is 1.90. The lowest BCUT2D eigenvalue weighted by atomic mass is 10.2. The predicted molar refractivity (Wildman–Crippen MR) is 76.4 cm³/mol. The molecule has 0 radical (unpaired) electrons. The van der Waals surface area contributed by atoms with Crippen LogP contribution in [0.1, 0.15) is 11.1 Å². The van der Waals surface area contributed by atoms with Gasteiger partial charge in [-0.25, -0.2) is 4.39 Å². The van der Waals surface area contributed by atoms with Crippen LogP contribution in [0.5, 0.6) is 0 Å². The molecular weight excluding hydrogens is 317 g/mol. The molecule has 0 aliphatic heterocycles. The number of halogens is 2. The van der Waals surface area contributed by atoms with Gasteiger partial charge in [0.05, 0.1) is 10.4 Å². The summed E-state index contributed by atoms with van der Waals surface area (Å²) in [5.74, 6) is -0.324. The first-order chi connectivity index (χ1) is 8.58. The Morgan fingerprint density at radius 1 is 1.28 bits per heavy atom. The number of anilines is 1. The Bertz CT molecular complexity index is 544. The summed E-state index contributed by atoms with van der Waals surface area (Å²) >= 11 is 5.05. The highest BCUT2D eigenvalue weighted by Gasteiger charge is 2.07. The van der Waals surface area contributed by atoms with Gasteiger partial charge in [0.15, 0.2) is 0 Å². The van der Waals surface area contributed by atoms with Crippen LogP contribution in [0.3, 0.4) is 0 Å². The number of aliphatic hydroxyl groups excluding tert-OH is 1. The van der Waals surface area contributed by atoms with Crippen LogP contribution in [0.15, 0.2) is 33.4 Å². The van der Waals surface area contributed by atoms with Crippen molar-refractivity contribution >= 4 is 33.0 Å². The van der Waals surface area contributed by atoms with E-state index in [1.807, 2.05) is 18.0 Å². The van der Waals surface area contributed by atoms with Gasteiger partial charge in [0, 0.05) is 19.3 Å². The van der Waals surface area contributed by atoms with Crippen molar-refractivity contribution in [2.45, 2.75) is 13.2 Å². The van der Waals surface area contributed by atoms with E-state index in [1.165, 1.54) is 17.7 Å². The summed E-state index contributed by atoms with van der Waals surface area (Å²) in [6.07, 6.45) is 0. The van der Waals surface area contributed by atoms with E-state index in [0.717, 1.165) is 9.47 Å². The Kier molecular flexibility index (Phi) is 4.37. The molecule has 0 aliphatic carbocycles. The molecule has 5 heteroatoms. The molecule has 0 bridgehead atoms. The third-order valence-corrected chi connectivity index (χ3v) is 4.16. The molecule has 0 aliphatic rings. The van der Waals surface area contributed by atoms with Gasteiger partial charge in [-0.05, 0) is 56.7 Å². The van der Waals surface area contributed by atoms with Gasteiger partial charge in [-0.15, -0.1) is 11.3 Å². The fourth-order valence-electron chi connectivity index (χ4n) is 1.74. The summed E-state index contributed by atoms with van der Waals surface area (Å²) in [5, 5.41) is 11.1. The smallest absolute Gasteiger partial charge is 0.125 e. The fraction of sp³-hybridized carbons (Fsp3) is 0.231. The first-order valence-corrected chi connectivity index (χ1v) is 7.10. The van der Waals surface area contributed by atoms with Crippen LogP contribution >= 0.6 is 27.3 Å². The lowest BCUT2D eigenvalue weighted by Crippen LogP contribution is -2.16. The van der Waals surface area contributed by atoms with Crippen LogP contribution in [-0.4, -0.2) is 12.2 Å². The van der Waals surface area contributed by atoms with Gasteiger partial charge in [0.2, 0.25) is 0 Å². The quantitative estimate of drug-likeness (QED) is 0.922. The molecule has 18 heavy (non-hydrogen) atoms. The van der Waals surface area contributed by atoms with Crippen molar-refractivity contribution in [1.82, 2.24) is 0 Å². The van der Waals surface area contributed by atoms with Crippen LogP contribution in [0.2, 0.25) is 0 Å². The molecular formula is C13H13BrFNOS. The van der Waals surface area contributed by atoms with Crippen molar-refractivity contribution in [3.63, 3.8) is 0 Å². The Hall–Kier alpha value is -0.910. The van der Waals surface area contributed by atoms with Crippen molar-refractivity contribution in [2.75, 3.05) is 11.9 Å². The van der Waals surface area contributed by atoms with Crippen molar-refractivity contribution in [2.24, 2.45) is 0 Å². The first kappa shape index (κ1) is 13.5. The Morgan fingerprint density at radius 2 is 2.06 bits per heavy atom. The van der Waals surface area contributed by atoms with E-state index in [9.17, 15) is 4.39 Å². The molecule has 2 nitrogen and oxygen atoms in total. The number of thiophene rings is 1. The number of benzene rings is 1. The number of hydrogen-bond donors (Lipinski definition) is 1. The fourth-order valence-corrected chi connectivity index (χ4v) is 2.94. The van der Waals surface area contributed by atoms with Crippen molar-refractivity contribution in [3.05, 3.63) is 50.4 Å². The van der Waals surface area contributed by atoms with Gasteiger partial charge in [0.1, 0.15) is 5.82 Å². The minimum absolute atomic E-state index is 0.150. The monoisotopic (exact) mass is 329 g/mol. The topological polar surface area (TPSA) is 23.5 Å². The Morgan fingerprint density at radius 3 is 2.67 bits per heavy atom. The highest BCUT2D eigenvalue weighted by molar-refractivity contribution is 9.11. The van der Waals surface area contributed by atoms with E-state index < -0.39 is 0 Å². The molecule has 2 aromatic rings. The van der Waals surface area contributed by atoms with Gasteiger partial charge in [-0.1, -0.05) is 0 Å². The molecule has 0 saturated carbocycles. The molecule has 1 heterocycles. The van der Waals surface area contributed by atoms with Crippen LogP contribution < -0.4 is 4.90 Å². The summed E-state index contributed by atoms with van der Waals surface area (Å²) in [6, 6.07) is 6.66. The SMILES string of the molecule is CN(Cc1csc(Br)c1)c1cc(F)cc(CO)c1. The number of nitrogens with zero attached hydrogens (tertiary/aromatic N) is 1. The molecule has 0 fully saturated rings. The zero-order valence-corrected chi connectivity index (χ0v) is 12.3. The van der Waals surface area contributed by atoms with Crippen molar-refractivity contribution < 1.29 is 9.50 Å². The first-order valence-electron chi connectivity index (χ1n) is 5.43. The minimum Gasteiger partial charge on any atom is -0.392 e. The minimum atomic E-state index is -0.324. The standard InChI is InChI=1S/C13H13BrFNOS/c1-16(6-10-4-13(14)18-8-10)12-3-9(7-17)2-11(15)5-12/h2-5,8,17H,6-7H2,1H3. The van der Waals surface area contributed by atoms with E-state index in [4.69, 9.17) is 5.11 Å². The molecule has 1 N–H and O–H groups in total. The summed E-state index contributed by atoms with van der Waals surface area (Å²) in [6.45, 7) is 0.555. The molecule has 0 saturated heterocycles. The molecule has 0 atom stereocenters. The number of aliphatic hydroxyl groups is 1. The predicted octanol–water partition coefficient (Wildman–Crippen LogP) is 3.78. The molecule has 0 unspecified atom stereocenters. The summed E-state index contributed by atoms with van der Waals surface area (Å²) in [5.41, 5.74) is 2.52. The second kappa shape index (κ2) is 5.82. The Balaban J connectivity index is 2.17. The molecule has 2 rings (SSSR count). The van der Waals surface area contributed by atoms with Crippen molar-refractivity contribution in [3.8, 4) is 0 Å². The highest BCUT2D eigenvalue weighted by atomic mass is 79.9. The summed E-state index contributed by atoms with van der Waals surface area (Å²) in [4.78, 5) is 1.96. The normalized spacial score (nSPS) is 10.7. The second-order valence-corrected chi connectivity index (χ2v) is 6.38. The zero-order valence-electron chi connectivity index (χ0n) is 9.86. The van der Waals surface area contributed by atoms with Crippen LogP contribution in [0.25, 0.3) is 0 Å². The number of hydrogen-bond acceptors (Lipinski definition) is 3. The third-order valence-electron chi connectivity index (χ3n) is 2.61. The van der Waals surface area contributed by atoms with E-state index in [-0.39, 0.29) is 12.4 Å². The second-order valence-electron chi connectivity index (χ2n) is 4.09. The molecule has 1 aromatic heterocycles. The van der Waals surface area contributed by atoms with E-state index >= 15 is 0 Å². The maximum atomic E-state index is 13.4. The van der Waals surface area contributed by atoms with E-state index in [2.05, 4.69) is 21.3 Å². The molecule has 96 valence electrons. The largest absolute Gasteiger partial charge is 0.392 e. The molecule has 0 amide bonds. The molecule has 1 aromatic carbocycles. The maximum absolute atomic E-state index is 13.4. The molecule has 0 spiro atoms. The highest BCUT2D eigenvalue weighted by Crippen LogP contribution is 2.24. The van der Waals surface area contributed by atoms with E-state index in [0.29, 0.717) is 12.1 Å². The van der Waals surface area contributed by atoms with Gasteiger partial charge < -0.3 is 10.0 Å². The van der Waals surface area contributed by atoms with Gasteiger partial charge in [-0.3, -0.25) is 0 Å². The Labute approximate surface area is 118 Å². The average Bonchev–Trinajstić information content (AvgIpc) is 2.73. The van der Waals surface area contributed by atoms with Crippen LogP contribution in [0.4, 0.5) is 10.1 Å². The third kappa shape index (κ3) is 3.31. The maximum Gasteiger partial charge on any atom is 0.125 e. The lowest BCUT2D eigenvalue weighted by molar-refractivity contribution is 0.281. The van der Waals surface area contributed by atoms with Crippen LogP contribution in [0, 0.1) is 5.82 Å². The van der Waals surface area contributed by atoms with E-state index in [1.54, 1.807) is 17.4 Å². The van der Waals surface area contributed by atoms with Crippen LogP contribution in [-0.2, 0) is 13.2 Å². The van der Waals surface area contributed by atoms with Crippen molar-refractivity contribution in [1.29, 1.82) is 0 Å². The summed E-state index contributed by atoms with van der Waals surface area (Å²) < 4.78 is 14.5. The average molecular weight is 330 g/mol. The van der Waals surface area contributed by atoms with Gasteiger partial charge >= 0.3 is 0 Å². The lowest BCUT2D eigenvalue weighted by Gasteiger charge is -2.19. The number of rotatable bonds is 4.